The number of hydrogen-bond donors (Lipinski definition) is 0. The fourth-order valence-electron chi connectivity index (χ4n) is 2.85. The van der Waals surface area contributed by atoms with E-state index in [9.17, 15) is 4.79 Å². The van der Waals surface area contributed by atoms with Gasteiger partial charge in [0.2, 0.25) is 0 Å². The third-order valence-electron chi connectivity index (χ3n) is 4.19. The molecule has 26 heavy (non-hydrogen) atoms. The lowest BCUT2D eigenvalue weighted by Crippen LogP contribution is -2.15. The lowest BCUT2D eigenvalue weighted by molar-refractivity contribution is 1.00. The molecule has 0 amide bonds. The van der Waals surface area contributed by atoms with Crippen molar-refractivity contribution in [3.63, 3.8) is 0 Å². The first-order chi connectivity index (χ1) is 12.6. The quantitative estimate of drug-likeness (QED) is 0.554. The van der Waals surface area contributed by atoms with Gasteiger partial charge in [-0.3, -0.25) is 9.20 Å². The normalized spacial score (nSPS) is 11.3. The molecule has 0 bridgehead atoms. The van der Waals surface area contributed by atoms with Crippen LogP contribution in [0.15, 0.2) is 53.5 Å². The fourth-order valence-corrected chi connectivity index (χ4v) is 3.77. The van der Waals surface area contributed by atoms with Crippen molar-refractivity contribution in [3.05, 3.63) is 81.7 Å². The summed E-state index contributed by atoms with van der Waals surface area (Å²) in [7, 11) is 0. The Morgan fingerprint density at radius 3 is 2.54 bits per heavy atom. The molecule has 5 nitrogen and oxygen atoms in total. The average molecular weight is 362 g/mol. The van der Waals surface area contributed by atoms with Gasteiger partial charge in [0.05, 0.1) is 28.1 Å². The van der Waals surface area contributed by atoms with E-state index < -0.39 is 0 Å². The standard InChI is InChI=1S/C20H18N4OS/c1-13-7-8-19-22-15(9-20(25)24(19)10-13)11-26-12-18-14(2)21-16-5-3-4-6-17(16)23-18/h3-10H,11-12H2,1-2H3. The van der Waals surface area contributed by atoms with E-state index in [2.05, 4.69) is 9.97 Å². The van der Waals surface area contributed by atoms with Crippen molar-refractivity contribution < 1.29 is 0 Å². The third kappa shape index (κ3) is 3.32. The van der Waals surface area contributed by atoms with Gasteiger partial charge >= 0.3 is 0 Å². The molecule has 0 saturated carbocycles. The number of thioether (sulfide) groups is 1. The van der Waals surface area contributed by atoms with Crippen molar-refractivity contribution in [2.45, 2.75) is 25.4 Å². The zero-order chi connectivity index (χ0) is 18.1. The lowest BCUT2D eigenvalue weighted by atomic mass is 10.2. The van der Waals surface area contributed by atoms with Gasteiger partial charge in [-0.1, -0.05) is 18.2 Å². The number of benzene rings is 1. The minimum atomic E-state index is -0.0454. The number of fused-ring (bicyclic) bond motifs is 2. The Hall–Kier alpha value is -2.73. The summed E-state index contributed by atoms with van der Waals surface area (Å²) in [6.07, 6.45) is 1.82. The van der Waals surface area contributed by atoms with Crippen LogP contribution in [0.3, 0.4) is 0 Å². The molecule has 4 rings (SSSR count). The molecule has 0 N–H and O–H groups in total. The predicted octanol–water partition coefficient (Wildman–Crippen LogP) is 3.69. The van der Waals surface area contributed by atoms with Gasteiger partial charge in [-0.05, 0) is 37.6 Å². The van der Waals surface area contributed by atoms with Gasteiger partial charge in [-0.15, -0.1) is 11.8 Å². The van der Waals surface area contributed by atoms with Crippen LogP contribution in [0.4, 0.5) is 0 Å². The van der Waals surface area contributed by atoms with Gasteiger partial charge in [-0.2, -0.15) is 0 Å². The molecule has 0 unspecified atom stereocenters. The average Bonchev–Trinajstić information content (AvgIpc) is 2.63. The van der Waals surface area contributed by atoms with Crippen LogP contribution in [0.5, 0.6) is 0 Å². The monoisotopic (exact) mass is 362 g/mol. The first-order valence-corrected chi connectivity index (χ1v) is 9.54. The zero-order valence-electron chi connectivity index (χ0n) is 14.6. The number of rotatable bonds is 4. The molecule has 0 saturated heterocycles. The molecule has 0 aliphatic carbocycles. The van der Waals surface area contributed by atoms with Gasteiger partial charge < -0.3 is 0 Å². The lowest BCUT2D eigenvalue weighted by Gasteiger charge is -2.07. The molecule has 6 heteroatoms. The Labute approximate surface area is 155 Å². The van der Waals surface area contributed by atoms with Crippen molar-refractivity contribution in [2.24, 2.45) is 0 Å². The molecule has 1 aromatic carbocycles. The Balaban J connectivity index is 1.53. The van der Waals surface area contributed by atoms with E-state index in [1.807, 2.05) is 56.4 Å². The van der Waals surface area contributed by atoms with Crippen LogP contribution in [0, 0.1) is 13.8 Å². The Morgan fingerprint density at radius 1 is 0.962 bits per heavy atom. The maximum atomic E-state index is 12.3. The molecule has 3 heterocycles. The molecular weight excluding hydrogens is 344 g/mol. The Morgan fingerprint density at radius 2 is 1.73 bits per heavy atom. The van der Waals surface area contributed by atoms with E-state index in [0.717, 1.165) is 39.4 Å². The summed E-state index contributed by atoms with van der Waals surface area (Å²) >= 11 is 1.69. The van der Waals surface area contributed by atoms with Crippen molar-refractivity contribution in [2.75, 3.05) is 0 Å². The second-order valence-electron chi connectivity index (χ2n) is 6.26. The third-order valence-corrected chi connectivity index (χ3v) is 5.17. The van der Waals surface area contributed by atoms with Crippen molar-refractivity contribution >= 4 is 28.4 Å². The van der Waals surface area contributed by atoms with Gasteiger partial charge in [0.1, 0.15) is 5.65 Å². The smallest absolute Gasteiger partial charge is 0.258 e. The fraction of sp³-hybridized carbons (Fsp3) is 0.200. The minimum absolute atomic E-state index is 0.0454. The van der Waals surface area contributed by atoms with Crippen LogP contribution >= 0.6 is 11.8 Å². The van der Waals surface area contributed by atoms with Crippen molar-refractivity contribution in [1.82, 2.24) is 19.4 Å². The van der Waals surface area contributed by atoms with E-state index in [0.29, 0.717) is 11.4 Å². The van der Waals surface area contributed by atoms with Crippen LogP contribution in [0.1, 0.15) is 22.6 Å². The number of pyridine rings is 1. The molecule has 0 aliphatic rings. The second-order valence-corrected chi connectivity index (χ2v) is 7.24. The van der Waals surface area contributed by atoms with Gasteiger partial charge in [-0.25, -0.2) is 15.0 Å². The highest BCUT2D eigenvalue weighted by Crippen LogP contribution is 2.19. The topological polar surface area (TPSA) is 60.2 Å². The van der Waals surface area contributed by atoms with Crippen molar-refractivity contribution in [3.8, 4) is 0 Å². The summed E-state index contributed by atoms with van der Waals surface area (Å²) in [5.41, 5.74) is 6.20. The predicted molar refractivity (Wildman–Crippen MR) is 105 cm³/mol. The number of hydrogen-bond acceptors (Lipinski definition) is 5. The summed E-state index contributed by atoms with van der Waals surface area (Å²) in [4.78, 5) is 26.2. The summed E-state index contributed by atoms with van der Waals surface area (Å²) < 4.78 is 1.59. The summed E-state index contributed by atoms with van der Waals surface area (Å²) in [5.74, 6) is 1.40. The minimum Gasteiger partial charge on any atom is -0.269 e. The van der Waals surface area contributed by atoms with Crippen LogP contribution < -0.4 is 5.56 Å². The van der Waals surface area contributed by atoms with Crippen LogP contribution in [0.2, 0.25) is 0 Å². The molecular formula is C20H18N4OS. The van der Waals surface area contributed by atoms with Gasteiger partial charge in [0, 0.05) is 23.8 Å². The SMILES string of the molecule is Cc1ccc2nc(CSCc3nc4ccccc4nc3C)cc(=O)n2c1. The highest BCUT2D eigenvalue weighted by molar-refractivity contribution is 7.97. The molecule has 0 radical (unpaired) electrons. The summed E-state index contributed by atoms with van der Waals surface area (Å²) in [6, 6.07) is 13.3. The van der Waals surface area contributed by atoms with E-state index in [1.165, 1.54) is 0 Å². The van der Waals surface area contributed by atoms with Crippen molar-refractivity contribution in [1.29, 1.82) is 0 Å². The van der Waals surface area contributed by atoms with E-state index >= 15 is 0 Å². The maximum Gasteiger partial charge on any atom is 0.258 e. The van der Waals surface area contributed by atoms with Crippen LogP contribution in [-0.2, 0) is 11.5 Å². The number of aryl methyl sites for hydroxylation is 2. The number of aromatic nitrogens is 4. The largest absolute Gasteiger partial charge is 0.269 e. The molecule has 0 fully saturated rings. The molecule has 3 aromatic heterocycles. The second kappa shape index (κ2) is 6.88. The summed E-state index contributed by atoms with van der Waals surface area (Å²) in [5, 5.41) is 0. The summed E-state index contributed by atoms with van der Waals surface area (Å²) in [6.45, 7) is 3.95. The van der Waals surface area contributed by atoms with Crippen LogP contribution in [-0.4, -0.2) is 19.4 Å². The Kier molecular flexibility index (Phi) is 4.42. The van der Waals surface area contributed by atoms with E-state index in [1.54, 1.807) is 22.2 Å². The molecule has 0 atom stereocenters. The van der Waals surface area contributed by atoms with E-state index in [4.69, 9.17) is 4.98 Å². The van der Waals surface area contributed by atoms with E-state index in [-0.39, 0.29) is 5.56 Å². The van der Waals surface area contributed by atoms with Gasteiger partial charge in [0.25, 0.3) is 5.56 Å². The van der Waals surface area contributed by atoms with Gasteiger partial charge in [0.15, 0.2) is 0 Å². The first kappa shape index (κ1) is 16.7. The van der Waals surface area contributed by atoms with Crippen LogP contribution in [0.25, 0.3) is 16.7 Å². The Bertz CT molecular complexity index is 1170. The maximum absolute atomic E-state index is 12.3. The number of para-hydroxylation sites is 2. The highest BCUT2D eigenvalue weighted by Gasteiger charge is 2.07. The molecule has 130 valence electrons. The first-order valence-electron chi connectivity index (χ1n) is 8.39. The zero-order valence-corrected chi connectivity index (χ0v) is 15.5. The molecule has 0 spiro atoms. The molecule has 0 aliphatic heterocycles. The number of nitrogens with zero attached hydrogens (tertiary/aromatic N) is 4. The molecule has 4 aromatic rings. The highest BCUT2D eigenvalue weighted by atomic mass is 32.2.